The Labute approximate surface area is 446 Å². The third-order valence-electron chi connectivity index (χ3n) is 12.1. The zero-order valence-corrected chi connectivity index (χ0v) is 43.7. The van der Waals surface area contributed by atoms with E-state index in [9.17, 15) is 53.1 Å². The molecule has 1 aliphatic heterocycles. The van der Waals surface area contributed by atoms with E-state index in [1.807, 2.05) is 0 Å². The molecular formula is C46H82N20O11. The Morgan fingerprint density at radius 1 is 0.753 bits per heavy atom. The molecule has 1 aromatic rings. The second-order valence-electron chi connectivity index (χ2n) is 18.3. The highest BCUT2D eigenvalue weighted by atomic mass is 16.3. The van der Waals surface area contributed by atoms with Crippen LogP contribution in [0.25, 0.3) is 0 Å². The van der Waals surface area contributed by atoms with Crippen molar-refractivity contribution in [2.24, 2.45) is 40.1 Å². The number of hydrogen-bond acceptors (Lipinski definition) is 18. The Hall–Kier alpha value is -7.32. The fourth-order valence-corrected chi connectivity index (χ4v) is 7.90. The van der Waals surface area contributed by atoms with E-state index in [-0.39, 0.29) is 95.7 Å². The molecule has 0 radical (unpaired) electrons. The van der Waals surface area contributed by atoms with Gasteiger partial charge in [-0.25, -0.2) is 4.98 Å². The fourth-order valence-electron chi connectivity index (χ4n) is 7.90. The van der Waals surface area contributed by atoms with Gasteiger partial charge < -0.3 is 103 Å². The van der Waals surface area contributed by atoms with E-state index in [1.165, 1.54) is 30.4 Å². The monoisotopic (exact) mass is 1090 g/mol. The Kier molecular flexibility index (Phi) is 30.6. The lowest BCUT2D eigenvalue weighted by atomic mass is 10.1. The van der Waals surface area contributed by atoms with Gasteiger partial charge in [0.1, 0.15) is 41.9 Å². The lowest BCUT2D eigenvalue weighted by Gasteiger charge is -2.30. The molecule has 1 fully saturated rings. The van der Waals surface area contributed by atoms with Crippen molar-refractivity contribution < 1.29 is 53.1 Å². The smallest absolute Gasteiger partial charge is 0.264 e. The van der Waals surface area contributed by atoms with E-state index >= 15 is 0 Å². The number of carbonyl (C=O) groups excluding carboxylic acids is 10. The van der Waals surface area contributed by atoms with E-state index in [1.54, 1.807) is 0 Å². The molecule has 10 amide bonds. The zero-order chi connectivity index (χ0) is 57.5. The summed E-state index contributed by atoms with van der Waals surface area (Å²) in [4.78, 5) is 142. The SMILES string of the molecule is CC(=O)NCC[C@H](NC(=O)[C@@H](NC(=O)[C@@H](N)CCCCN)[C@@H](O)CN)C(=O)NCC(=O)N[C@H](CCCN)C(=O)N1CCC[C@H]1C(=O)N[C@@H](Cc1cnc[nH]1)C(=O)N[C@@H](CCCCN)C(=O)N/C(=C\CCNC(=N)N)C(N)=O. The molecule has 1 aliphatic rings. The molecule has 432 valence electrons. The van der Waals surface area contributed by atoms with Crippen molar-refractivity contribution in [3.63, 3.8) is 0 Å². The van der Waals surface area contributed by atoms with Gasteiger partial charge in [0, 0.05) is 51.4 Å². The summed E-state index contributed by atoms with van der Waals surface area (Å²) in [5.41, 5.74) is 39.6. The van der Waals surface area contributed by atoms with Gasteiger partial charge in [-0.3, -0.25) is 53.4 Å². The van der Waals surface area contributed by atoms with E-state index in [2.05, 4.69) is 57.8 Å². The molecule has 2 rings (SSSR count). The average Bonchev–Trinajstić information content (AvgIpc) is 4.11. The van der Waals surface area contributed by atoms with Crippen molar-refractivity contribution in [1.29, 1.82) is 5.41 Å². The topological polar surface area (TPSA) is 537 Å². The molecule has 26 N–H and O–H groups in total. The van der Waals surface area contributed by atoms with Crippen LogP contribution in [0.2, 0.25) is 0 Å². The number of guanidine groups is 1. The predicted molar refractivity (Wildman–Crippen MR) is 280 cm³/mol. The number of primary amides is 1. The quantitative estimate of drug-likeness (QED) is 0.0127. The largest absolute Gasteiger partial charge is 0.389 e. The average molecular weight is 1090 g/mol. The molecule has 0 unspecified atom stereocenters. The molecule has 0 saturated carbocycles. The van der Waals surface area contributed by atoms with Gasteiger partial charge in [-0.05, 0) is 90.3 Å². The number of H-pyrrole nitrogens is 1. The number of nitrogens with one attached hydrogen (secondary N) is 11. The van der Waals surface area contributed by atoms with Gasteiger partial charge in [0.25, 0.3) is 5.91 Å². The van der Waals surface area contributed by atoms with E-state index in [0.29, 0.717) is 44.3 Å². The molecule has 1 saturated heterocycles. The number of nitrogens with zero attached hydrogens (tertiary/aromatic N) is 2. The van der Waals surface area contributed by atoms with Gasteiger partial charge in [-0.1, -0.05) is 12.5 Å². The first kappa shape index (κ1) is 65.8. The van der Waals surface area contributed by atoms with Crippen molar-refractivity contribution >= 4 is 65.0 Å². The Morgan fingerprint density at radius 3 is 2.01 bits per heavy atom. The van der Waals surface area contributed by atoms with Gasteiger partial charge in [0.2, 0.25) is 53.2 Å². The highest BCUT2D eigenvalue weighted by Crippen LogP contribution is 2.20. The van der Waals surface area contributed by atoms with Crippen LogP contribution < -0.4 is 88.0 Å². The van der Waals surface area contributed by atoms with Crippen LogP contribution >= 0.6 is 0 Å². The summed E-state index contributed by atoms with van der Waals surface area (Å²) < 4.78 is 0. The minimum absolute atomic E-state index is 0.0168. The third-order valence-corrected chi connectivity index (χ3v) is 12.1. The minimum atomic E-state index is -1.65. The lowest BCUT2D eigenvalue weighted by Crippen LogP contribution is -2.61. The lowest BCUT2D eigenvalue weighted by molar-refractivity contribution is -0.142. The number of nitrogens with two attached hydrogens (primary N) is 7. The summed E-state index contributed by atoms with van der Waals surface area (Å²) in [6.45, 7) is 0.930. The normalized spacial score (nSPS) is 16.0. The van der Waals surface area contributed by atoms with Crippen LogP contribution in [-0.4, -0.2) is 186 Å². The molecule has 8 atom stereocenters. The molecule has 31 nitrogen and oxygen atoms in total. The number of aromatic nitrogens is 2. The molecule has 0 spiro atoms. The molecular weight excluding hydrogens is 1010 g/mol. The van der Waals surface area contributed by atoms with E-state index in [0.717, 1.165) is 0 Å². The number of amides is 10. The second kappa shape index (κ2) is 35.8. The van der Waals surface area contributed by atoms with Crippen LogP contribution in [0.3, 0.4) is 0 Å². The third kappa shape index (κ3) is 24.5. The number of imidazole rings is 1. The molecule has 77 heavy (non-hydrogen) atoms. The van der Waals surface area contributed by atoms with Crippen molar-refractivity contribution in [2.75, 3.05) is 52.4 Å². The first-order chi connectivity index (χ1) is 36.7. The number of aliphatic hydroxyl groups excluding tert-OH is 1. The summed E-state index contributed by atoms with van der Waals surface area (Å²) in [6, 6.07) is -9.12. The summed E-state index contributed by atoms with van der Waals surface area (Å²) in [6.07, 6.45) is 5.40. The molecule has 0 bridgehead atoms. The standard InChI is InChI=1S/C46H82N20O11/c1-26(67)56-19-14-31(63-44(76)37(35(68)22-50)65-39(71)28(51)9-2-4-15-47)40(72)58-24-36(69)60-32(11-6-17-49)45(77)66-20-8-13-34(66)43(75)64-33(21-27-23-55-25-59-27)42(74)62-30(10-3-5-16-48)41(73)61-29(38(52)70)12-7-18-57-46(53)54/h12,23,25,28,30-35,37,68H,2-11,13-22,24,47-51H2,1H3,(H2,52,70)(H,55,59)(H,56,67)(H,58,72)(H,60,69)(H,61,73)(H,62,74)(H,63,76)(H,64,75)(H,65,71)(H4,53,54,57)/b29-12-/t28-,30-,31-,32+,33-,34-,35-,37-/m0/s1. The van der Waals surface area contributed by atoms with Gasteiger partial charge in [0.15, 0.2) is 5.96 Å². The molecule has 2 heterocycles. The summed E-state index contributed by atoms with van der Waals surface area (Å²) >= 11 is 0. The highest BCUT2D eigenvalue weighted by molar-refractivity contribution is 6.00. The Bertz CT molecular complexity index is 2150. The maximum atomic E-state index is 14.3. The highest BCUT2D eigenvalue weighted by Gasteiger charge is 2.40. The van der Waals surface area contributed by atoms with Crippen molar-refractivity contribution in [2.45, 2.75) is 139 Å². The van der Waals surface area contributed by atoms with Gasteiger partial charge in [0.05, 0.1) is 25.0 Å². The fraction of sp³-hybridized carbons (Fsp3) is 0.652. The number of unbranched alkanes of at least 4 members (excludes halogenated alkanes) is 2. The predicted octanol–water partition coefficient (Wildman–Crippen LogP) is -7.99. The Morgan fingerprint density at radius 2 is 1.40 bits per heavy atom. The first-order valence-corrected chi connectivity index (χ1v) is 25.6. The number of hydrogen-bond donors (Lipinski definition) is 19. The van der Waals surface area contributed by atoms with Crippen LogP contribution in [-0.2, 0) is 54.4 Å². The van der Waals surface area contributed by atoms with Crippen molar-refractivity contribution in [1.82, 2.24) is 62.7 Å². The van der Waals surface area contributed by atoms with Crippen LogP contribution in [0.1, 0.15) is 89.7 Å². The molecule has 0 aromatic carbocycles. The van der Waals surface area contributed by atoms with Crippen LogP contribution in [0.4, 0.5) is 0 Å². The van der Waals surface area contributed by atoms with Crippen LogP contribution in [0, 0.1) is 5.41 Å². The zero-order valence-electron chi connectivity index (χ0n) is 43.7. The Balaban J connectivity index is 2.29. The number of aliphatic hydroxyl groups is 1. The molecule has 0 aliphatic carbocycles. The first-order valence-electron chi connectivity index (χ1n) is 25.6. The van der Waals surface area contributed by atoms with Crippen LogP contribution in [0.5, 0.6) is 0 Å². The maximum Gasteiger partial charge on any atom is 0.264 e. The number of aromatic amines is 1. The summed E-state index contributed by atoms with van der Waals surface area (Å²) in [7, 11) is 0. The van der Waals surface area contributed by atoms with Gasteiger partial charge in [-0.15, -0.1) is 0 Å². The van der Waals surface area contributed by atoms with E-state index in [4.69, 9.17) is 45.5 Å². The van der Waals surface area contributed by atoms with Gasteiger partial charge in [-0.2, -0.15) is 0 Å². The van der Waals surface area contributed by atoms with Crippen molar-refractivity contribution in [3.05, 3.63) is 30.0 Å². The number of rotatable bonds is 37. The molecule has 31 heteroatoms. The van der Waals surface area contributed by atoms with Gasteiger partial charge >= 0.3 is 0 Å². The number of carbonyl (C=O) groups is 10. The number of likely N-dealkylation sites (tertiary alicyclic amines) is 1. The van der Waals surface area contributed by atoms with Crippen molar-refractivity contribution in [3.8, 4) is 0 Å². The van der Waals surface area contributed by atoms with E-state index < -0.39 is 121 Å². The second-order valence-corrected chi connectivity index (χ2v) is 18.3. The maximum absolute atomic E-state index is 14.3. The summed E-state index contributed by atoms with van der Waals surface area (Å²) in [5.74, 6) is -8.25. The minimum Gasteiger partial charge on any atom is -0.389 e. The van der Waals surface area contributed by atoms with Crippen LogP contribution in [0.15, 0.2) is 24.3 Å². The molecule has 1 aromatic heterocycles. The summed E-state index contributed by atoms with van der Waals surface area (Å²) in [5, 5.41) is 40.6.